The molecule has 2 fully saturated rings. The third kappa shape index (κ3) is 6.11. The number of nitrogens with one attached hydrogen (secondary N) is 1. The number of nitrogens with zero attached hydrogens (tertiary/aromatic N) is 1. The molecular weight excluding hydrogens is 388 g/mol. The van der Waals surface area contributed by atoms with Crippen LogP contribution in [0.25, 0.3) is 11.0 Å². The highest BCUT2D eigenvalue weighted by Gasteiger charge is 2.27. The fourth-order valence-corrected chi connectivity index (χ4v) is 5.41. The highest BCUT2D eigenvalue weighted by Crippen LogP contribution is 2.35. The number of furan rings is 1. The summed E-state index contributed by atoms with van der Waals surface area (Å²) < 4.78 is 5.76. The molecule has 1 aromatic heterocycles. The molecule has 0 spiro atoms. The number of hydrogen-bond donors (Lipinski definition) is 2. The summed E-state index contributed by atoms with van der Waals surface area (Å²) in [4.78, 5) is 14.7. The van der Waals surface area contributed by atoms with E-state index in [1.807, 2.05) is 12.3 Å². The van der Waals surface area contributed by atoms with Crippen LogP contribution in [0.15, 0.2) is 34.9 Å². The number of carbonyl (C=O) groups is 1. The summed E-state index contributed by atoms with van der Waals surface area (Å²) in [6.07, 6.45) is 10.4. The van der Waals surface area contributed by atoms with Crippen LogP contribution in [-0.2, 0) is 4.79 Å². The zero-order valence-electron chi connectivity index (χ0n) is 19.1. The molecule has 1 saturated carbocycles. The molecule has 0 unspecified atom stereocenters. The second-order valence-electron chi connectivity index (χ2n) is 10.4. The van der Waals surface area contributed by atoms with Crippen molar-refractivity contribution in [3.63, 3.8) is 0 Å². The maximum atomic E-state index is 12.0. The number of likely N-dealkylation sites (tertiary alicyclic amines) is 1. The number of fused-ring (bicyclic) bond motifs is 1. The van der Waals surface area contributed by atoms with E-state index in [1.165, 1.54) is 62.7 Å². The molecule has 0 atom stereocenters. The van der Waals surface area contributed by atoms with Gasteiger partial charge in [-0.2, -0.15) is 0 Å². The number of benzene rings is 1. The molecule has 2 aromatic rings. The minimum absolute atomic E-state index is 0.0239. The largest absolute Gasteiger partial charge is 0.464 e. The van der Waals surface area contributed by atoms with E-state index in [0.29, 0.717) is 5.92 Å². The lowest BCUT2D eigenvalue weighted by Crippen LogP contribution is -2.41. The van der Waals surface area contributed by atoms with Crippen molar-refractivity contribution in [3.8, 4) is 0 Å². The molecule has 2 heterocycles. The summed E-state index contributed by atoms with van der Waals surface area (Å²) in [6, 6.07) is 8.66. The van der Waals surface area contributed by atoms with Gasteiger partial charge in [0.25, 0.3) is 0 Å². The van der Waals surface area contributed by atoms with Crippen LogP contribution in [0.4, 0.5) is 0 Å². The topological polar surface area (TPSA) is 65.7 Å². The van der Waals surface area contributed by atoms with E-state index in [1.54, 1.807) is 13.8 Å². The normalized spacial score (nSPS) is 23.8. The molecule has 2 aliphatic rings. The van der Waals surface area contributed by atoms with E-state index in [4.69, 9.17) is 4.42 Å². The zero-order valence-corrected chi connectivity index (χ0v) is 19.1. The van der Waals surface area contributed by atoms with Crippen LogP contribution >= 0.6 is 0 Å². The summed E-state index contributed by atoms with van der Waals surface area (Å²) in [5, 5.41) is 14.2. The number of piperidine rings is 1. The molecule has 1 aliphatic carbocycles. The molecule has 1 amide bonds. The van der Waals surface area contributed by atoms with Crippen LogP contribution in [0.3, 0.4) is 0 Å². The molecule has 0 bridgehead atoms. The van der Waals surface area contributed by atoms with Gasteiger partial charge in [0, 0.05) is 17.0 Å². The molecule has 1 aliphatic heterocycles. The van der Waals surface area contributed by atoms with Crippen molar-refractivity contribution in [2.75, 3.05) is 19.6 Å². The summed E-state index contributed by atoms with van der Waals surface area (Å²) >= 11 is 0. The average molecular weight is 427 g/mol. The highest BCUT2D eigenvalue weighted by atomic mass is 16.3. The van der Waals surface area contributed by atoms with Gasteiger partial charge in [0.05, 0.1) is 18.3 Å². The van der Waals surface area contributed by atoms with Gasteiger partial charge in [-0.05, 0) is 96.3 Å². The Labute approximate surface area is 186 Å². The van der Waals surface area contributed by atoms with Crippen molar-refractivity contribution in [1.29, 1.82) is 0 Å². The van der Waals surface area contributed by atoms with Gasteiger partial charge in [-0.1, -0.05) is 18.2 Å². The van der Waals surface area contributed by atoms with E-state index in [0.717, 1.165) is 24.3 Å². The molecule has 0 radical (unpaired) electrons. The Kier molecular flexibility index (Phi) is 7.02. The van der Waals surface area contributed by atoms with E-state index < -0.39 is 5.60 Å². The average Bonchev–Trinajstić information content (AvgIpc) is 3.16. The smallest absolute Gasteiger partial charge is 0.223 e. The van der Waals surface area contributed by atoms with Crippen LogP contribution < -0.4 is 5.32 Å². The first-order chi connectivity index (χ1) is 14.9. The standard InChI is InChI=1S/C26H38N2O3/c1-26(2,30)17-25(29)27-21-9-7-19(8-10-21)11-14-28-15-12-20(13-16-28)23-18-31-24-6-4-3-5-22(23)24/h3-6,18-21,30H,7-17H2,1-2H3,(H,27,29). The highest BCUT2D eigenvalue weighted by molar-refractivity contribution is 5.81. The fourth-order valence-electron chi connectivity index (χ4n) is 5.41. The Morgan fingerprint density at radius 1 is 1.13 bits per heavy atom. The van der Waals surface area contributed by atoms with E-state index in [2.05, 4.69) is 28.4 Å². The van der Waals surface area contributed by atoms with Crippen LogP contribution in [0.2, 0.25) is 0 Å². The number of para-hydroxylation sites is 1. The van der Waals surface area contributed by atoms with Crippen LogP contribution in [0.1, 0.15) is 76.7 Å². The first kappa shape index (κ1) is 22.3. The Morgan fingerprint density at radius 2 is 1.84 bits per heavy atom. The monoisotopic (exact) mass is 426 g/mol. The lowest BCUT2D eigenvalue weighted by Gasteiger charge is -2.34. The van der Waals surface area contributed by atoms with Gasteiger partial charge in [-0.25, -0.2) is 0 Å². The Balaban J connectivity index is 1.15. The van der Waals surface area contributed by atoms with Crippen LogP contribution in [0, 0.1) is 5.92 Å². The maximum Gasteiger partial charge on any atom is 0.223 e. The van der Waals surface area contributed by atoms with Crippen molar-refractivity contribution in [1.82, 2.24) is 10.2 Å². The summed E-state index contributed by atoms with van der Waals surface area (Å²) in [5.74, 6) is 1.37. The number of hydrogen-bond acceptors (Lipinski definition) is 4. The molecule has 4 rings (SSSR count). The second kappa shape index (κ2) is 9.74. The van der Waals surface area contributed by atoms with Gasteiger partial charge in [0.15, 0.2) is 0 Å². The van der Waals surface area contributed by atoms with Crippen molar-refractivity contribution in [2.24, 2.45) is 5.92 Å². The fraction of sp³-hybridized carbons (Fsp3) is 0.654. The van der Waals surface area contributed by atoms with Crippen molar-refractivity contribution in [2.45, 2.75) is 82.8 Å². The van der Waals surface area contributed by atoms with Gasteiger partial charge in [-0.3, -0.25) is 4.79 Å². The summed E-state index contributed by atoms with van der Waals surface area (Å²) in [6.45, 7) is 6.91. The maximum absolute atomic E-state index is 12.0. The molecular formula is C26H38N2O3. The van der Waals surface area contributed by atoms with Gasteiger partial charge in [-0.15, -0.1) is 0 Å². The number of rotatable bonds is 7. The molecule has 5 nitrogen and oxygen atoms in total. The Morgan fingerprint density at radius 3 is 2.55 bits per heavy atom. The molecule has 31 heavy (non-hydrogen) atoms. The Hall–Kier alpha value is -1.85. The molecule has 1 aromatic carbocycles. The van der Waals surface area contributed by atoms with E-state index in [9.17, 15) is 9.90 Å². The first-order valence-corrected chi connectivity index (χ1v) is 12.1. The first-order valence-electron chi connectivity index (χ1n) is 12.1. The van der Waals surface area contributed by atoms with E-state index in [-0.39, 0.29) is 18.4 Å². The predicted octanol–water partition coefficient (Wildman–Crippen LogP) is 4.84. The van der Waals surface area contributed by atoms with Crippen molar-refractivity contribution in [3.05, 3.63) is 36.1 Å². The SMILES string of the molecule is CC(C)(O)CC(=O)NC1CCC(CCN2CCC(c3coc4ccccc34)CC2)CC1. The van der Waals surface area contributed by atoms with E-state index >= 15 is 0 Å². The third-order valence-corrected chi connectivity index (χ3v) is 7.20. The number of amides is 1. The zero-order chi connectivity index (χ0) is 21.8. The van der Waals surface area contributed by atoms with Gasteiger partial charge >= 0.3 is 0 Å². The van der Waals surface area contributed by atoms with Crippen molar-refractivity contribution < 1.29 is 14.3 Å². The molecule has 1 saturated heterocycles. The second-order valence-corrected chi connectivity index (χ2v) is 10.4. The number of aliphatic hydroxyl groups is 1. The van der Waals surface area contributed by atoms with Gasteiger partial charge < -0.3 is 19.7 Å². The summed E-state index contributed by atoms with van der Waals surface area (Å²) in [7, 11) is 0. The van der Waals surface area contributed by atoms with Crippen molar-refractivity contribution >= 4 is 16.9 Å². The lowest BCUT2D eigenvalue weighted by atomic mass is 9.83. The van der Waals surface area contributed by atoms with Gasteiger partial charge in [0.2, 0.25) is 5.91 Å². The molecule has 5 heteroatoms. The van der Waals surface area contributed by atoms with Crippen LogP contribution in [-0.4, -0.2) is 47.2 Å². The molecule has 170 valence electrons. The quantitative estimate of drug-likeness (QED) is 0.665. The minimum Gasteiger partial charge on any atom is -0.464 e. The lowest BCUT2D eigenvalue weighted by molar-refractivity contribution is -0.125. The minimum atomic E-state index is -0.931. The Bertz CT molecular complexity index is 853. The number of carbonyl (C=O) groups excluding carboxylic acids is 1. The summed E-state index contributed by atoms with van der Waals surface area (Å²) in [5.41, 5.74) is 1.46. The van der Waals surface area contributed by atoms with Crippen LogP contribution in [0.5, 0.6) is 0 Å². The third-order valence-electron chi connectivity index (χ3n) is 7.20. The predicted molar refractivity (Wildman–Crippen MR) is 124 cm³/mol. The molecule has 2 N–H and O–H groups in total. The van der Waals surface area contributed by atoms with Gasteiger partial charge in [0.1, 0.15) is 5.58 Å².